The molecule has 4 atom stereocenters. The van der Waals surface area contributed by atoms with Gasteiger partial charge in [0.1, 0.15) is 5.60 Å². The first-order valence-electron chi connectivity index (χ1n) is 9.89. The SMILES string of the molecule is O=C(NCc1ccccc1Cl)C1[C@@H]2C=CC3(CN(Cc4ccccc4Cl)C(=O)[C@H]13)O2. The molecule has 0 aromatic heterocycles. The number of hydrogen-bond donors (Lipinski definition) is 1. The molecule has 2 unspecified atom stereocenters. The molecule has 154 valence electrons. The largest absolute Gasteiger partial charge is 0.360 e. The van der Waals surface area contributed by atoms with Gasteiger partial charge in [-0.1, -0.05) is 71.8 Å². The van der Waals surface area contributed by atoms with Crippen LogP contribution in [-0.2, 0) is 27.4 Å². The molecule has 2 aromatic rings. The van der Waals surface area contributed by atoms with Crippen LogP contribution in [0, 0.1) is 11.8 Å². The van der Waals surface area contributed by atoms with E-state index < -0.39 is 17.4 Å². The molecule has 0 aliphatic carbocycles. The Labute approximate surface area is 184 Å². The monoisotopic (exact) mass is 442 g/mol. The molecule has 1 spiro atoms. The van der Waals surface area contributed by atoms with E-state index in [4.69, 9.17) is 27.9 Å². The second-order valence-electron chi connectivity index (χ2n) is 7.99. The van der Waals surface area contributed by atoms with Gasteiger partial charge >= 0.3 is 0 Å². The predicted molar refractivity (Wildman–Crippen MR) is 114 cm³/mol. The van der Waals surface area contributed by atoms with Crippen LogP contribution in [0.15, 0.2) is 60.7 Å². The van der Waals surface area contributed by atoms with Gasteiger partial charge in [0, 0.05) is 23.1 Å². The van der Waals surface area contributed by atoms with Crippen molar-refractivity contribution in [3.05, 3.63) is 81.9 Å². The molecule has 5 nitrogen and oxygen atoms in total. The van der Waals surface area contributed by atoms with Crippen LogP contribution in [0.1, 0.15) is 11.1 Å². The Morgan fingerprint density at radius 1 is 1.10 bits per heavy atom. The lowest BCUT2D eigenvalue weighted by Crippen LogP contribution is -2.43. The maximum atomic E-state index is 13.3. The maximum Gasteiger partial charge on any atom is 0.230 e. The Hall–Kier alpha value is -2.34. The van der Waals surface area contributed by atoms with Crippen molar-refractivity contribution in [1.29, 1.82) is 0 Å². The van der Waals surface area contributed by atoms with Crippen LogP contribution < -0.4 is 5.32 Å². The van der Waals surface area contributed by atoms with E-state index in [0.29, 0.717) is 29.7 Å². The lowest BCUT2D eigenvalue weighted by molar-refractivity contribution is -0.137. The van der Waals surface area contributed by atoms with Gasteiger partial charge in [0.2, 0.25) is 11.8 Å². The smallest absolute Gasteiger partial charge is 0.230 e. The number of fused-ring (bicyclic) bond motifs is 1. The Morgan fingerprint density at radius 3 is 2.47 bits per heavy atom. The van der Waals surface area contributed by atoms with Crippen molar-refractivity contribution < 1.29 is 14.3 Å². The van der Waals surface area contributed by atoms with Crippen LogP contribution in [0.5, 0.6) is 0 Å². The number of halogens is 2. The van der Waals surface area contributed by atoms with E-state index in [2.05, 4.69) is 5.32 Å². The highest BCUT2D eigenvalue weighted by Gasteiger charge is 2.66. The second kappa shape index (κ2) is 7.41. The standard InChI is InChI=1S/C23H20Cl2N2O3/c24-16-7-3-1-5-14(16)11-26-21(28)19-18-9-10-23(30-18)13-27(22(29)20(19)23)12-15-6-2-4-8-17(15)25/h1-10,18-20H,11-13H2,(H,26,28)/t18-,19?,20-,23?/m0/s1. The first-order valence-corrected chi connectivity index (χ1v) is 10.6. The third-order valence-corrected chi connectivity index (χ3v) is 6.95. The number of nitrogens with zero attached hydrogens (tertiary/aromatic N) is 1. The normalized spacial score (nSPS) is 28.8. The van der Waals surface area contributed by atoms with Gasteiger partial charge in [-0.2, -0.15) is 0 Å². The maximum absolute atomic E-state index is 13.3. The minimum absolute atomic E-state index is 0.0698. The molecule has 2 saturated heterocycles. The number of rotatable bonds is 5. The van der Waals surface area contributed by atoms with Crippen molar-refractivity contribution in [2.45, 2.75) is 24.8 Å². The molecule has 3 aliphatic heterocycles. The highest BCUT2D eigenvalue weighted by Crippen LogP contribution is 2.52. The van der Waals surface area contributed by atoms with Gasteiger partial charge in [0.25, 0.3) is 0 Å². The lowest BCUT2D eigenvalue weighted by atomic mass is 9.77. The lowest BCUT2D eigenvalue weighted by Gasteiger charge is -2.23. The molecule has 2 fully saturated rings. The average molecular weight is 443 g/mol. The number of carbonyl (C=O) groups excluding carboxylic acids is 2. The van der Waals surface area contributed by atoms with E-state index in [-0.39, 0.29) is 17.9 Å². The number of likely N-dealkylation sites (tertiary alicyclic amines) is 1. The fraction of sp³-hybridized carbons (Fsp3) is 0.304. The van der Waals surface area contributed by atoms with Crippen molar-refractivity contribution in [3.63, 3.8) is 0 Å². The van der Waals surface area contributed by atoms with Crippen molar-refractivity contribution in [2.75, 3.05) is 6.54 Å². The molecule has 0 radical (unpaired) electrons. The first kappa shape index (κ1) is 19.6. The summed E-state index contributed by atoms with van der Waals surface area (Å²) < 4.78 is 6.17. The van der Waals surface area contributed by atoms with Crippen molar-refractivity contribution >= 4 is 35.0 Å². The van der Waals surface area contributed by atoms with Crippen molar-refractivity contribution in [1.82, 2.24) is 10.2 Å². The van der Waals surface area contributed by atoms with Gasteiger partial charge in [-0.15, -0.1) is 0 Å². The summed E-state index contributed by atoms with van der Waals surface area (Å²) in [6.07, 6.45) is 3.47. The molecule has 2 amide bonds. The molecule has 30 heavy (non-hydrogen) atoms. The topological polar surface area (TPSA) is 58.6 Å². The van der Waals surface area contributed by atoms with Crippen LogP contribution in [0.3, 0.4) is 0 Å². The van der Waals surface area contributed by atoms with Crippen LogP contribution in [0.2, 0.25) is 10.0 Å². The molecule has 3 heterocycles. The van der Waals surface area contributed by atoms with Crippen molar-refractivity contribution in [2.24, 2.45) is 11.8 Å². The van der Waals surface area contributed by atoms with Gasteiger partial charge in [0.15, 0.2) is 0 Å². The molecular weight excluding hydrogens is 423 g/mol. The van der Waals surface area contributed by atoms with Gasteiger partial charge in [-0.05, 0) is 23.3 Å². The molecule has 7 heteroatoms. The van der Waals surface area contributed by atoms with Crippen LogP contribution in [0.25, 0.3) is 0 Å². The Kier molecular flexibility index (Phi) is 4.85. The quantitative estimate of drug-likeness (QED) is 0.719. The number of benzene rings is 2. The summed E-state index contributed by atoms with van der Waals surface area (Å²) in [6.45, 7) is 1.12. The fourth-order valence-corrected chi connectivity index (χ4v) is 5.18. The minimum atomic E-state index is -0.741. The molecule has 2 bridgehead atoms. The Morgan fingerprint density at radius 2 is 1.77 bits per heavy atom. The summed E-state index contributed by atoms with van der Waals surface area (Å²) in [7, 11) is 0. The highest BCUT2D eigenvalue weighted by atomic mass is 35.5. The summed E-state index contributed by atoms with van der Waals surface area (Å²) in [6, 6.07) is 14.8. The number of amides is 2. The molecule has 3 aliphatic rings. The molecular formula is C23H20Cl2N2O3. The van der Waals surface area contributed by atoms with Gasteiger partial charge in [-0.3, -0.25) is 9.59 Å². The van der Waals surface area contributed by atoms with Crippen LogP contribution in [-0.4, -0.2) is 35.0 Å². The Bertz CT molecular complexity index is 1060. The second-order valence-corrected chi connectivity index (χ2v) is 8.81. The summed E-state index contributed by atoms with van der Waals surface area (Å²) in [4.78, 5) is 28.1. The first-order chi connectivity index (χ1) is 14.5. The van der Waals surface area contributed by atoms with E-state index in [1.54, 1.807) is 11.0 Å². The molecule has 0 saturated carbocycles. The van der Waals surface area contributed by atoms with E-state index >= 15 is 0 Å². The molecule has 2 aromatic carbocycles. The zero-order valence-corrected chi connectivity index (χ0v) is 17.6. The van der Waals surface area contributed by atoms with Gasteiger partial charge in [0.05, 0.1) is 24.5 Å². The third kappa shape index (κ3) is 3.13. The third-order valence-electron chi connectivity index (χ3n) is 6.21. The molecule has 5 rings (SSSR count). The van der Waals surface area contributed by atoms with Crippen LogP contribution in [0.4, 0.5) is 0 Å². The van der Waals surface area contributed by atoms with E-state index in [0.717, 1.165) is 11.1 Å². The van der Waals surface area contributed by atoms with E-state index in [1.807, 2.05) is 54.6 Å². The summed E-state index contributed by atoms with van der Waals surface area (Å²) >= 11 is 12.5. The predicted octanol–water partition coefficient (Wildman–Crippen LogP) is 3.59. The Balaban J connectivity index is 1.34. The van der Waals surface area contributed by atoms with Gasteiger partial charge in [-0.25, -0.2) is 0 Å². The number of ether oxygens (including phenoxy) is 1. The van der Waals surface area contributed by atoms with E-state index in [9.17, 15) is 9.59 Å². The zero-order chi connectivity index (χ0) is 20.9. The van der Waals surface area contributed by atoms with E-state index in [1.165, 1.54) is 0 Å². The summed E-state index contributed by atoms with van der Waals surface area (Å²) in [5, 5.41) is 4.16. The summed E-state index contributed by atoms with van der Waals surface area (Å²) in [5.41, 5.74) is 0.970. The van der Waals surface area contributed by atoms with Crippen LogP contribution >= 0.6 is 23.2 Å². The number of nitrogens with one attached hydrogen (secondary N) is 1. The van der Waals surface area contributed by atoms with Gasteiger partial charge < -0.3 is 15.0 Å². The van der Waals surface area contributed by atoms with Crippen molar-refractivity contribution in [3.8, 4) is 0 Å². The number of carbonyl (C=O) groups is 2. The highest BCUT2D eigenvalue weighted by molar-refractivity contribution is 6.31. The average Bonchev–Trinajstić information content (AvgIpc) is 3.37. The molecule has 1 N–H and O–H groups in total. The summed E-state index contributed by atoms with van der Waals surface area (Å²) in [5.74, 6) is -1.34. The minimum Gasteiger partial charge on any atom is -0.360 e. The number of hydrogen-bond acceptors (Lipinski definition) is 3. The fourth-order valence-electron chi connectivity index (χ4n) is 4.79. The zero-order valence-electron chi connectivity index (χ0n) is 16.1.